The maximum Gasteiger partial charge on any atom is 0.321 e. The molecule has 34 heavy (non-hydrogen) atoms. The number of nitrogens with one attached hydrogen (secondary N) is 2. The standard InChI is InChI=1S/C26H34N4O3S/c1-18-6-7-22(19(2)15-18)28-25(33)29-11-8-26(9-12-29)10-13-30(17-26)24(32)23(27-20(3)31)16-21-5-4-14-34-21/h4-7,14-15,23H,8-13,16-17H2,1-3H3,(H,27,31)(H,28,33)/t23-/m0/s1. The molecule has 4 rings (SSSR count). The number of carbonyl (C=O) groups is 3. The lowest BCUT2D eigenvalue weighted by Crippen LogP contribution is -2.50. The predicted octanol–water partition coefficient (Wildman–Crippen LogP) is 3.96. The number of nitrogens with zero attached hydrogens (tertiary/aromatic N) is 2. The minimum atomic E-state index is -0.532. The number of anilines is 1. The first-order valence-electron chi connectivity index (χ1n) is 12.0. The Labute approximate surface area is 205 Å². The molecule has 3 heterocycles. The molecule has 8 heteroatoms. The normalized spacial score (nSPS) is 18.1. The molecule has 1 atom stereocenters. The van der Waals surface area contributed by atoms with Gasteiger partial charge >= 0.3 is 6.03 Å². The molecular formula is C26H34N4O3S. The molecule has 0 bridgehead atoms. The summed E-state index contributed by atoms with van der Waals surface area (Å²) in [6.07, 6.45) is 3.22. The zero-order chi connectivity index (χ0) is 24.3. The molecule has 2 aliphatic heterocycles. The van der Waals surface area contributed by atoms with Gasteiger partial charge < -0.3 is 20.4 Å². The van der Waals surface area contributed by atoms with Crippen LogP contribution in [-0.4, -0.2) is 59.9 Å². The summed E-state index contributed by atoms with van der Waals surface area (Å²) in [5.41, 5.74) is 3.13. The van der Waals surface area contributed by atoms with Gasteiger partial charge in [0, 0.05) is 50.1 Å². The van der Waals surface area contributed by atoms with Crippen molar-refractivity contribution in [2.45, 2.75) is 52.5 Å². The number of thiophene rings is 1. The van der Waals surface area contributed by atoms with Gasteiger partial charge in [-0.3, -0.25) is 9.59 Å². The van der Waals surface area contributed by atoms with Gasteiger partial charge in [-0.15, -0.1) is 11.3 Å². The van der Waals surface area contributed by atoms with Gasteiger partial charge in [0.25, 0.3) is 0 Å². The van der Waals surface area contributed by atoms with Gasteiger partial charge in [-0.2, -0.15) is 0 Å². The molecule has 0 saturated carbocycles. The molecule has 2 fully saturated rings. The average Bonchev–Trinajstić information content (AvgIpc) is 3.45. The van der Waals surface area contributed by atoms with Crippen molar-refractivity contribution in [1.29, 1.82) is 0 Å². The first kappa shape index (κ1) is 24.3. The fraction of sp³-hybridized carbons (Fsp3) is 0.500. The second kappa shape index (κ2) is 10.2. The van der Waals surface area contributed by atoms with Gasteiger partial charge in [-0.1, -0.05) is 23.8 Å². The van der Waals surface area contributed by atoms with Crippen molar-refractivity contribution in [2.24, 2.45) is 5.41 Å². The monoisotopic (exact) mass is 482 g/mol. The Balaban J connectivity index is 1.33. The lowest BCUT2D eigenvalue weighted by atomic mass is 9.78. The molecule has 1 spiro atoms. The first-order chi connectivity index (χ1) is 16.2. The molecule has 0 aliphatic carbocycles. The zero-order valence-corrected chi connectivity index (χ0v) is 21.0. The number of amides is 4. The fourth-order valence-corrected chi connectivity index (χ4v) is 5.91. The number of urea groups is 1. The minimum Gasteiger partial charge on any atom is -0.344 e. The summed E-state index contributed by atoms with van der Waals surface area (Å²) in [4.78, 5) is 42.8. The van der Waals surface area contributed by atoms with Crippen LogP contribution in [0.5, 0.6) is 0 Å². The molecule has 7 nitrogen and oxygen atoms in total. The number of hydrogen-bond donors (Lipinski definition) is 2. The van der Waals surface area contributed by atoms with E-state index in [1.807, 2.05) is 53.3 Å². The van der Waals surface area contributed by atoms with Crippen LogP contribution in [0.4, 0.5) is 10.5 Å². The maximum atomic E-state index is 13.3. The number of likely N-dealkylation sites (tertiary alicyclic amines) is 2. The van der Waals surface area contributed by atoms with Gasteiger partial charge in [-0.05, 0) is 61.6 Å². The van der Waals surface area contributed by atoms with Crippen molar-refractivity contribution in [3.8, 4) is 0 Å². The van der Waals surface area contributed by atoms with Crippen LogP contribution in [-0.2, 0) is 16.0 Å². The molecule has 2 saturated heterocycles. The number of benzene rings is 1. The van der Waals surface area contributed by atoms with Gasteiger partial charge in [0.05, 0.1) is 0 Å². The average molecular weight is 483 g/mol. The van der Waals surface area contributed by atoms with E-state index in [2.05, 4.69) is 16.7 Å². The molecule has 0 radical (unpaired) electrons. The quantitative estimate of drug-likeness (QED) is 0.677. The second-order valence-corrected chi connectivity index (χ2v) is 10.8. The lowest BCUT2D eigenvalue weighted by Gasteiger charge is -2.39. The van der Waals surface area contributed by atoms with E-state index in [1.54, 1.807) is 11.3 Å². The Bertz CT molecular complexity index is 1040. The van der Waals surface area contributed by atoms with Crippen LogP contribution in [0.15, 0.2) is 35.7 Å². The Kier molecular flexibility index (Phi) is 7.26. The number of rotatable bonds is 5. The van der Waals surface area contributed by atoms with E-state index in [-0.39, 0.29) is 23.3 Å². The SMILES string of the molecule is CC(=O)N[C@@H](Cc1cccs1)C(=O)N1CCC2(CCN(C(=O)Nc3ccc(C)cc3C)CC2)C1. The van der Waals surface area contributed by atoms with E-state index in [4.69, 9.17) is 0 Å². The topological polar surface area (TPSA) is 81.8 Å². The zero-order valence-electron chi connectivity index (χ0n) is 20.2. The highest BCUT2D eigenvalue weighted by Gasteiger charge is 2.44. The van der Waals surface area contributed by atoms with Gasteiger partial charge in [0.1, 0.15) is 6.04 Å². The minimum absolute atomic E-state index is 0.00417. The highest BCUT2D eigenvalue weighted by molar-refractivity contribution is 7.09. The van der Waals surface area contributed by atoms with E-state index in [1.165, 1.54) is 12.5 Å². The smallest absolute Gasteiger partial charge is 0.321 e. The van der Waals surface area contributed by atoms with Gasteiger partial charge in [0.2, 0.25) is 11.8 Å². The van der Waals surface area contributed by atoms with Gasteiger partial charge in [-0.25, -0.2) is 4.79 Å². The summed E-state index contributed by atoms with van der Waals surface area (Å²) < 4.78 is 0. The van der Waals surface area contributed by atoms with Crippen LogP contribution >= 0.6 is 11.3 Å². The summed E-state index contributed by atoms with van der Waals surface area (Å²) in [7, 11) is 0. The summed E-state index contributed by atoms with van der Waals surface area (Å²) in [5.74, 6) is -0.192. The van der Waals surface area contributed by atoms with E-state index >= 15 is 0 Å². The van der Waals surface area contributed by atoms with Crippen molar-refractivity contribution in [3.63, 3.8) is 0 Å². The third kappa shape index (κ3) is 5.60. The highest BCUT2D eigenvalue weighted by atomic mass is 32.1. The lowest BCUT2D eigenvalue weighted by molar-refractivity contribution is -0.135. The van der Waals surface area contributed by atoms with E-state index in [0.717, 1.165) is 35.4 Å². The van der Waals surface area contributed by atoms with Crippen molar-refractivity contribution in [3.05, 3.63) is 51.7 Å². The Morgan fingerprint density at radius 3 is 2.38 bits per heavy atom. The van der Waals surface area contributed by atoms with Crippen molar-refractivity contribution in [1.82, 2.24) is 15.1 Å². The Hall–Kier alpha value is -2.87. The molecule has 2 N–H and O–H groups in total. The third-order valence-electron chi connectivity index (χ3n) is 7.15. The summed E-state index contributed by atoms with van der Waals surface area (Å²) in [5, 5.41) is 7.89. The van der Waals surface area contributed by atoms with Crippen LogP contribution in [0.25, 0.3) is 0 Å². The van der Waals surface area contributed by atoms with Crippen LogP contribution < -0.4 is 10.6 Å². The molecule has 1 aromatic carbocycles. The molecule has 0 unspecified atom stereocenters. The number of hydrogen-bond acceptors (Lipinski definition) is 4. The number of piperidine rings is 1. The molecular weight excluding hydrogens is 448 g/mol. The maximum absolute atomic E-state index is 13.3. The van der Waals surface area contributed by atoms with Crippen molar-refractivity contribution in [2.75, 3.05) is 31.5 Å². The van der Waals surface area contributed by atoms with Crippen LogP contribution in [0.1, 0.15) is 42.2 Å². The highest BCUT2D eigenvalue weighted by Crippen LogP contribution is 2.40. The fourth-order valence-electron chi connectivity index (χ4n) is 5.16. The Morgan fingerprint density at radius 1 is 1.06 bits per heavy atom. The summed E-state index contributed by atoms with van der Waals surface area (Å²) in [6.45, 7) is 8.27. The summed E-state index contributed by atoms with van der Waals surface area (Å²) >= 11 is 1.60. The molecule has 2 aromatic rings. The first-order valence-corrected chi connectivity index (χ1v) is 12.8. The van der Waals surface area contributed by atoms with E-state index < -0.39 is 6.04 Å². The number of aryl methyl sites for hydroxylation is 2. The van der Waals surface area contributed by atoms with Gasteiger partial charge in [0.15, 0.2) is 0 Å². The third-order valence-corrected chi connectivity index (χ3v) is 8.04. The Morgan fingerprint density at radius 2 is 1.76 bits per heavy atom. The molecule has 1 aromatic heterocycles. The molecule has 182 valence electrons. The predicted molar refractivity (Wildman–Crippen MR) is 135 cm³/mol. The van der Waals surface area contributed by atoms with Crippen LogP contribution in [0, 0.1) is 19.3 Å². The largest absolute Gasteiger partial charge is 0.344 e. The van der Waals surface area contributed by atoms with E-state index in [9.17, 15) is 14.4 Å². The second-order valence-electron chi connectivity index (χ2n) is 9.78. The van der Waals surface area contributed by atoms with Crippen LogP contribution in [0.2, 0.25) is 0 Å². The van der Waals surface area contributed by atoms with Crippen molar-refractivity contribution < 1.29 is 14.4 Å². The summed E-state index contributed by atoms with van der Waals surface area (Å²) in [6, 6.07) is 9.39. The molecule has 2 aliphatic rings. The van der Waals surface area contributed by atoms with E-state index in [0.29, 0.717) is 32.6 Å². The molecule has 4 amide bonds. The number of carbonyl (C=O) groups excluding carboxylic acids is 3. The van der Waals surface area contributed by atoms with Crippen molar-refractivity contribution >= 4 is 34.9 Å². The van der Waals surface area contributed by atoms with Crippen LogP contribution in [0.3, 0.4) is 0 Å².